The first kappa shape index (κ1) is 14.0. The molecule has 0 radical (unpaired) electrons. The van der Waals surface area contributed by atoms with Gasteiger partial charge < -0.3 is 10.1 Å². The zero-order valence-corrected chi connectivity index (χ0v) is 11.0. The van der Waals surface area contributed by atoms with Crippen LogP contribution in [0, 0.1) is 0 Å². The lowest BCUT2D eigenvalue weighted by Crippen LogP contribution is -2.33. The number of hydrazine groups is 1. The minimum absolute atomic E-state index is 0.292. The van der Waals surface area contributed by atoms with Gasteiger partial charge in [0.15, 0.2) is 5.82 Å². The van der Waals surface area contributed by atoms with E-state index >= 15 is 0 Å². The third kappa shape index (κ3) is 4.33. The molecule has 7 heteroatoms. The van der Waals surface area contributed by atoms with Crippen LogP contribution in [-0.4, -0.2) is 28.7 Å². The van der Waals surface area contributed by atoms with Gasteiger partial charge in [-0.05, 0) is 20.8 Å². The van der Waals surface area contributed by atoms with Crippen molar-refractivity contribution in [1.29, 1.82) is 0 Å². The number of nitrogen functional groups attached to an aromatic ring is 1. The smallest absolute Gasteiger partial charge is 0.239 e. The molecule has 0 atom stereocenters. The van der Waals surface area contributed by atoms with E-state index in [0.29, 0.717) is 29.9 Å². The summed E-state index contributed by atoms with van der Waals surface area (Å²) in [6, 6.07) is 0. The zero-order valence-electron chi connectivity index (χ0n) is 10.2. The highest BCUT2D eigenvalue weighted by molar-refractivity contribution is 6.32. The van der Waals surface area contributed by atoms with Gasteiger partial charge in [0.05, 0.1) is 11.8 Å². The number of halogens is 1. The Morgan fingerprint density at radius 3 is 2.82 bits per heavy atom. The Labute approximate surface area is 106 Å². The van der Waals surface area contributed by atoms with E-state index < -0.39 is 0 Å². The van der Waals surface area contributed by atoms with Crippen molar-refractivity contribution < 1.29 is 4.74 Å². The summed E-state index contributed by atoms with van der Waals surface area (Å²) >= 11 is 5.96. The van der Waals surface area contributed by atoms with Crippen LogP contribution in [0.15, 0.2) is 6.20 Å². The minimum atomic E-state index is -0.292. The van der Waals surface area contributed by atoms with Gasteiger partial charge in [-0.15, -0.1) is 0 Å². The average Bonchev–Trinajstić information content (AvgIpc) is 2.28. The standard InChI is InChI=1S/C10H18ClN5O/c1-4-17-10(2,3)6-14-8-7(11)5-13-9(15-8)16-12/h5H,4,6,12H2,1-3H3,(H2,13,14,15,16). The number of nitrogens with zero attached hydrogens (tertiary/aromatic N) is 2. The maximum Gasteiger partial charge on any atom is 0.239 e. The van der Waals surface area contributed by atoms with Gasteiger partial charge in [-0.25, -0.2) is 10.8 Å². The SMILES string of the molecule is CCOC(C)(C)CNc1nc(NN)ncc1Cl. The van der Waals surface area contributed by atoms with E-state index in [1.54, 1.807) is 0 Å². The molecule has 1 rings (SSSR count). The molecule has 1 aromatic rings. The molecule has 0 aromatic carbocycles. The monoisotopic (exact) mass is 259 g/mol. The van der Waals surface area contributed by atoms with E-state index in [2.05, 4.69) is 20.7 Å². The van der Waals surface area contributed by atoms with Gasteiger partial charge in [0, 0.05) is 13.2 Å². The van der Waals surface area contributed by atoms with Gasteiger partial charge in [-0.1, -0.05) is 11.6 Å². The van der Waals surface area contributed by atoms with Crippen molar-refractivity contribution in [3.8, 4) is 0 Å². The third-order valence-electron chi connectivity index (χ3n) is 2.09. The number of nitrogens with one attached hydrogen (secondary N) is 2. The molecule has 17 heavy (non-hydrogen) atoms. The minimum Gasteiger partial charge on any atom is -0.374 e. The molecule has 0 aliphatic rings. The van der Waals surface area contributed by atoms with Crippen LogP contribution in [0.25, 0.3) is 0 Å². The Kier molecular flexibility index (Phi) is 4.92. The fraction of sp³-hybridized carbons (Fsp3) is 0.600. The lowest BCUT2D eigenvalue weighted by molar-refractivity contribution is 0.000644. The lowest BCUT2D eigenvalue weighted by Gasteiger charge is -2.25. The molecule has 0 saturated carbocycles. The zero-order chi connectivity index (χ0) is 12.9. The van der Waals surface area contributed by atoms with Crippen molar-refractivity contribution in [2.75, 3.05) is 23.9 Å². The van der Waals surface area contributed by atoms with Crippen molar-refractivity contribution >= 4 is 23.4 Å². The van der Waals surface area contributed by atoms with Crippen LogP contribution < -0.4 is 16.6 Å². The topological polar surface area (TPSA) is 85.1 Å². The number of rotatable bonds is 6. The number of nitrogens with two attached hydrogens (primary N) is 1. The summed E-state index contributed by atoms with van der Waals surface area (Å²) in [7, 11) is 0. The number of hydrogen-bond acceptors (Lipinski definition) is 6. The first-order chi connectivity index (χ1) is 7.98. The van der Waals surface area contributed by atoms with Crippen molar-refractivity contribution in [1.82, 2.24) is 9.97 Å². The summed E-state index contributed by atoms with van der Waals surface area (Å²) in [6.07, 6.45) is 1.49. The van der Waals surface area contributed by atoms with E-state index in [0.717, 1.165) is 0 Å². The third-order valence-corrected chi connectivity index (χ3v) is 2.37. The summed E-state index contributed by atoms with van der Waals surface area (Å²) in [5, 5.41) is 3.55. The lowest BCUT2D eigenvalue weighted by atomic mass is 10.1. The highest BCUT2D eigenvalue weighted by Gasteiger charge is 2.18. The second-order valence-corrected chi connectivity index (χ2v) is 4.49. The Hall–Kier alpha value is -1.11. The van der Waals surface area contributed by atoms with E-state index in [1.807, 2.05) is 20.8 Å². The van der Waals surface area contributed by atoms with E-state index in [4.69, 9.17) is 22.2 Å². The van der Waals surface area contributed by atoms with Crippen LogP contribution in [0.4, 0.5) is 11.8 Å². The summed E-state index contributed by atoms with van der Waals surface area (Å²) in [5.74, 6) is 6.07. The van der Waals surface area contributed by atoms with Gasteiger partial charge in [0.25, 0.3) is 0 Å². The highest BCUT2D eigenvalue weighted by Crippen LogP contribution is 2.20. The van der Waals surface area contributed by atoms with Crippen LogP contribution >= 0.6 is 11.6 Å². The van der Waals surface area contributed by atoms with Crippen LogP contribution in [0.2, 0.25) is 5.02 Å². The predicted octanol–water partition coefficient (Wildman–Crippen LogP) is 1.64. The molecule has 0 fully saturated rings. The Balaban J connectivity index is 2.68. The quantitative estimate of drug-likeness (QED) is 0.532. The van der Waals surface area contributed by atoms with Crippen LogP contribution in [0.5, 0.6) is 0 Å². The fourth-order valence-electron chi connectivity index (χ4n) is 1.30. The molecule has 0 bridgehead atoms. The number of ether oxygens (including phenoxy) is 1. The normalized spacial score (nSPS) is 11.4. The molecule has 4 N–H and O–H groups in total. The van der Waals surface area contributed by atoms with Crippen molar-refractivity contribution in [2.45, 2.75) is 26.4 Å². The molecule has 0 aliphatic heterocycles. The van der Waals surface area contributed by atoms with Crippen LogP contribution in [-0.2, 0) is 4.74 Å². The fourth-order valence-corrected chi connectivity index (χ4v) is 1.46. The molecule has 0 aliphatic carbocycles. The molecule has 0 amide bonds. The van der Waals surface area contributed by atoms with Crippen LogP contribution in [0.1, 0.15) is 20.8 Å². The largest absolute Gasteiger partial charge is 0.374 e. The first-order valence-electron chi connectivity index (χ1n) is 5.35. The molecule has 0 saturated heterocycles. The Morgan fingerprint density at radius 1 is 1.53 bits per heavy atom. The van der Waals surface area contributed by atoms with Gasteiger partial charge in [0.2, 0.25) is 5.95 Å². The molecular weight excluding hydrogens is 242 g/mol. The van der Waals surface area contributed by atoms with Crippen molar-refractivity contribution in [3.05, 3.63) is 11.2 Å². The van der Waals surface area contributed by atoms with E-state index in [1.165, 1.54) is 6.20 Å². The van der Waals surface area contributed by atoms with Gasteiger partial charge in [-0.3, -0.25) is 5.43 Å². The highest BCUT2D eigenvalue weighted by atomic mass is 35.5. The summed E-state index contributed by atoms with van der Waals surface area (Å²) in [4.78, 5) is 8.00. The number of aromatic nitrogens is 2. The summed E-state index contributed by atoms with van der Waals surface area (Å²) in [6.45, 7) is 7.17. The van der Waals surface area contributed by atoms with Gasteiger partial charge in [-0.2, -0.15) is 4.98 Å². The molecular formula is C10H18ClN5O. The summed E-state index contributed by atoms with van der Waals surface area (Å²) < 4.78 is 5.56. The predicted molar refractivity (Wildman–Crippen MR) is 69.0 cm³/mol. The maximum absolute atomic E-state index is 5.96. The molecule has 96 valence electrons. The van der Waals surface area contributed by atoms with Crippen molar-refractivity contribution in [3.63, 3.8) is 0 Å². The molecule has 0 spiro atoms. The first-order valence-corrected chi connectivity index (χ1v) is 5.73. The van der Waals surface area contributed by atoms with Crippen LogP contribution in [0.3, 0.4) is 0 Å². The molecule has 6 nitrogen and oxygen atoms in total. The molecule has 0 unspecified atom stereocenters. The second-order valence-electron chi connectivity index (χ2n) is 4.08. The maximum atomic E-state index is 5.96. The van der Waals surface area contributed by atoms with E-state index in [9.17, 15) is 0 Å². The van der Waals surface area contributed by atoms with Gasteiger partial charge in [0.1, 0.15) is 5.02 Å². The summed E-state index contributed by atoms with van der Waals surface area (Å²) in [5.41, 5.74) is 2.07. The average molecular weight is 260 g/mol. The van der Waals surface area contributed by atoms with E-state index in [-0.39, 0.29) is 5.60 Å². The number of hydrogen-bond donors (Lipinski definition) is 3. The molecule has 1 aromatic heterocycles. The second kappa shape index (κ2) is 6.00. The molecule has 1 heterocycles. The Bertz CT molecular complexity index is 372. The van der Waals surface area contributed by atoms with Crippen molar-refractivity contribution in [2.24, 2.45) is 5.84 Å². The number of anilines is 2. The van der Waals surface area contributed by atoms with Gasteiger partial charge >= 0.3 is 0 Å². The Morgan fingerprint density at radius 2 is 2.24 bits per heavy atom.